The van der Waals surface area contributed by atoms with Crippen LogP contribution in [0.3, 0.4) is 0 Å². The minimum atomic E-state index is 0.0891. The average molecular weight is 306 g/mol. The quantitative estimate of drug-likeness (QED) is 0.680. The zero-order chi connectivity index (χ0) is 13.4. The molecule has 2 heterocycles. The van der Waals surface area contributed by atoms with Gasteiger partial charge in [0, 0.05) is 5.49 Å². The van der Waals surface area contributed by atoms with Gasteiger partial charge in [0.2, 0.25) is 0 Å². The highest BCUT2D eigenvalue weighted by Crippen LogP contribution is 2.60. The van der Waals surface area contributed by atoms with Crippen LogP contribution in [0.5, 0.6) is 0 Å². The van der Waals surface area contributed by atoms with Crippen molar-refractivity contribution in [3.63, 3.8) is 0 Å². The number of thioether (sulfide) groups is 1. The minimum Gasteiger partial charge on any atom is -0.373 e. The third kappa shape index (κ3) is 3.85. The molecule has 0 bridgehead atoms. The van der Waals surface area contributed by atoms with Gasteiger partial charge in [-0.1, -0.05) is 50.5 Å². The Balaban J connectivity index is 1.87. The molecule has 2 aliphatic rings. The molecule has 0 aromatic carbocycles. The summed E-state index contributed by atoms with van der Waals surface area (Å²) >= 11 is 2.16. The molecule has 4 heteroatoms. The molecule has 0 radical (unpaired) electrons. The molecular weight excluding hydrogens is 278 g/mol. The van der Waals surface area contributed by atoms with Crippen LogP contribution in [-0.2, 0) is 4.74 Å². The molecule has 2 aliphatic heterocycles. The standard InChI is InChI=1S/C14H28OP2S/c1-13(2,3)17-9-12(15-10-17)8-14(4,5)16-6-7-18-11-16/h12H,6-11H2,1-5H3. The first-order chi connectivity index (χ1) is 8.29. The summed E-state index contributed by atoms with van der Waals surface area (Å²) in [4.78, 5) is 0. The van der Waals surface area contributed by atoms with Gasteiger partial charge < -0.3 is 4.74 Å². The van der Waals surface area contributed by atoms with Gasteiger partial charge in [-0.15, -0.1) is 0 Å². The van der Waals surface area contributed by atoms with Gasteiger partial charge in [0.1, 0.15) is 0 Å². The predicted octanol–water partition coefficient (Wildman–Crippen LogP) is 4.98. The summed E-state index contributed by atoms with van der Waals surface area (Å²) in [7, 11) is 0.332. The molecule has 0 amide bonds. The first-order valence-electron chi connectivity index (χ1n) is 6.98. The maximum atomic E-state index is 6.12. The summed E-state index contributed by atoms with van der Waals surface area (Å²) in [5.74, 6) is 1.40. The van der Waals surface area contributed by atoms with Crippen LogP contribution in [0.1, 0.15) is 41.0 Å². The van der Waals surface area contributed by atoms with Crippen molar-refractivity contribution in [2.75, 3.05) is 29.9 Å². The SMILES string of the molecule is CC(C)(C)P1COC(CC(C)(C)P2CCSC2)C1. The van der Waals surface area contributed by atoms with Gasteiger partial charge >= 0.3 is 0 Å². The van der Waals surface area contributed by atoms with Crippen LogP contribution in [0.2, 0.25) is 0 Å². The summed E-state index contributed by atoms with van der Waals surface area (Å²) in [5, 5.41) is 1.01. The molecular formula is C14H28OP2S. The van der Waals surface area contributed by atoms with Crippen molar-refractivity contribution in [3.8, 4) is 0 Å². The summed E-state index contributed by atoms with van der Waals surface area (Å²) < 4.78 is 6.12. The van der Waals surface area contributed by atoms with E-state index in [0.29, 0.717) is 16.4 Å². The fourth-order valence-electron chi connectivity index (χ4n) is 2.72. The van der Waals surface area contributed by atoms with E-state index in [-0.39, 0.29) is 15.8 Å². The van der Waals surface area contributed by atoms with Gasteiger partial charge in [0.25, 0.3) is 0 Å². The van der Waals surface area contributed by atoms with E-state index in [2.05, 4.69) is 46.4 Å². The van der Waals surface area contributed by atoms with E-state index in [0.717, 1.165) is 6.35 Å². The first kappa shape index (κ1) is 15.6. The topological polar surface area (TPSA) is 9.23 Å². The smallest absolute Gasteiger partial charge is 0.0669 e. The van der Waals surface area contributed by atoms with Crippen molar-refractivity contribution >= 4 is 27.6 Å². The summed E-state index contributed by atoms with van der Waals surface area (Å²) in [6, 6.07) is 0. The van der Waals surface area contributed by atoms with Gasteiger partial charge in [0.15, 0.2) is 0 Å². The fourth-order valence-corrected chi connectivity index (χ4v) is 10.6. The lowest BCUT2D eigenvalue weighted by Crippen LogP contribution is -2.27. The molecule has 0 aromatic rings. The van der Waals surface area contributed by atoms with E-state index in [9.17, 15) is 0 Å². The molecule has 2 rings (SSSR count). The van der Waals surface area contributed by atoms with E-state index in [1.807, 2.05) is 0 Å². The Morgan fingerprint density at radius 3 is 2.39 bits per heavy atom. The molecule has 0 saturated carbocycles. The number of rotatable bonds is 3. The zero-order valence-electron chi connectivity index (χ0n) is 12.5. The number of ether oxygens (including phenoxy) is 1. The second kappa shape index (κ2) is 5.88. The van der Waals surface area contributed by atoms with Crippen LogP contribution in [-0.4, -0.2) is 46.3 Å². The Labute approximate surface area is 120 Å². The van der Waals surface area contributed by atoms with Crippen molar-refractivity contribution < 1.29 is 4.74 Å². The maximum absolute atomic E-state index is 6.12. The molecule has 2 saturated heterocycles. The van der Waals surface area contributed by atoms with Gasteiger partial charge in [-0.25, -0.2) is 0 Å². The highest BCUT2D eigenvalue weighted by molar-refractivity contribution is 8.07. The third-order valence-electron chi connectivity index (χ3n) is 4.17. The highest BCUT2D eigenvalue weighted by atomic mass is 32.2. The summed E-state index contributed by atoms with van der Waals surface area (Å²) in [5.41, 5.74) is 1.43. The number of hydrogen-bond donors (Lipinski definition) is 0. The average Bonchev–Trinajstić information content (AvgIpc) is 2.83. The highest BCUT2D eigenvalue weighted by Gasteiger charge is 2.39. The lowest BCUT2D eigenvalue weighted by molar-refractivity contribution is 0.109. The van der Waals surface area contributed by atoms with Gasteiger partial charge in [-0.3, -0.25) is 0 Å². The molecule has 1 nitrogen and oxygen atoms in total. The van der Waals surface area contributed by atoms with Crippen molar-refractivity contribution in [1.29, 1.82) is 0 Å². The first-order valence-corrected chi connectivity index (χ1v) is 11.6. The van der Waals surface area contributed by atoms with Gasteiger partial charge in [0.05, 0.1) is 12.5 Å². The monoisotopic (exact) mass is 306 g/mol. The summed E-state index contributed by atoms with van der Waals surface area (Å²) in [6.45, 7) is 12.1. The van der Waals surface area contributed by atoms with E-state index >= 15 is 0 Å². The van der Waals surface area contributed by atoms with Crippen LogP contribution in [0, 0.1) is 0 Å². The van der Waals surface area contributed by atoms with Crippen molar-refractivity contribution in [2.24, 2.45) is 0 Å². The molecule has 3 atom stereocenters. The third-order valence-corrected chi connectivity index (χ3v) is 12.8. The fraction of sp³-hybridized carbons (Fsp3) is 1.00. The van der Waals surface area contributed by atoms with Crippen molar-refractivity contribution in [1.82, 2.24) is 0 Å². The molecule has 0 N–H and O–H groups in total. The molecule has 106 valence electrons. The lowest BCUT2D eigenvalue weighted by Gasteiger charge is -2.34. The largest absolute Gasteiger partial charge is 0.373 e. The Hall–Kier alpha value is 1.17. The number of hydrogen-bond acceptors (Lipinski definition) is 2. The van der Waals surface area contributed by atoms with E-state index < -0.39 is 0 Å². The Kier molecular flexibility index (Phi) is 5.09. The Morgan fingerprint density at radius 1 is 1.17 bits per heavy atom. The van der Waals surface area contributed by atoms with Crippen LogP contribution >= 0.6 is 27.6 Å². The molecule has 0 aliphatic carbocycles. The minimum absolute atomic E-state index is 0.0891. The van der Waals surface area contributed by atoms with Crippen molar-refractivity contribution in [2.45, 2.75) is 57.5 Å². The van der Waals surface area contributed by atoms with E-state index in [4.69, 9.17) is 4.74 Å². The van der Waals surface area contributed by atoms with Gasteiger partial charge in [-0.2, -0.15) is 11.8 Å². The Bertz CT molecular complexity index is 282. The molecule has 2 fully saturated rings. The molecule has 0 spiro atoms. The maximum Gasteiger partial charge on any atom is 0.0669 e. The summed E-state index contributed by atoms with van der Waals surface area (Å²) in [6.07, 6.45) is 5.73. The van der Waals surface area contributed by atoms with Gasteiger partial charge in [-0.05, 0) is 34.8 Å². The van der Waals surface area contributed by atoms with Crippen LogP contribution < -0.4 is 0 Å². The van der Waals surface area contributed by atoms with Crippen LogP contribution in [0.25, 0.3) is 0 Å². The normalized spacial score (nSPS) is 34.2. The van der Waals surface area contributed by atoms with E-state index in [1.54, 1.807) is 0 Å². The van der Waals surface area contributed by atoms with Crippen molar-refractivity contribution in [3.05, 3.63) is 0 Å². The molecule has 0 aromatic heterocycles. The van der Waals surface area contributed by atoms with E-state index in [1.165, 1.54) is 30.0 Å². The van der Waals surface area contributed by atoms with Crippen LogP contribution in [0.15, 0.2) is 0 Å². The van der Waals surface area contributed by atoms with Crippen LogP contribution in [0.4, 0.5) is 0 Å². The zero-order valence-corrected chi connectivity index (χ0v) is 15.1. The molecule has 18 heavy (non-hydrogen) atoms. The molecule has 3 unspecified atom stereocenters. The predicted molar refractivity (Wildman–Crippen MR) is 89.1 cm³/mol. The lowest BCUT2D eigenvalue weighted by atomic mass is 10.1. The second-order valence-corrected chi connectivity index (χ2v) is 14.8. The Morgan fingerprint density at radius 2 is 1.89 bits per heavy atom. The second-order valence-electron chi connectivity index (χ2n) is 7.13.